The lowest BCUT2D eigenvalue weighted by Gasteiger charge is -2.26. The van der Waals surface area contributed by atoms with E-state index in [0.29, 0.717) is 0 Å². The number of nitrogens with zero attached hydrogens (tertiary/aromatic N) is 2. The van der Waals surface area contributed by atoms with Crippen LogP contribution in [0.15, 0.2) is 170 Å². The molecule has 0 fully saturated rings. The van der Waals surface area contributed by atoms with Crippen LogP contribution in [0.25, 0.3) is 58.8 Å². The molecule has 3 heteroatoms. The first-order valence-corrected chi connectivity index (χ1v) is 16.1. The maximum Gasteiger partial charge on any atom is 0.0542 e. The van der Waals surface area contributed by atoms with E-state index in [9.17, 15) is 0 Å². The van der Waals surface area contributed by atoms with Gasteiger partial charge in [-0.25, -0.2) is 0 Å². The van der Waals surface area contributed by atoms with Crippen molar-refractivity contribution in [3.05, 3.63) is 170 Å². The monoisotopic (exact) mass is 592 g/mol. The molecule has 212 valence electrons. The summed E-state index contributed by atoms with van der Waals surface area (Å²) in [5.74, 6) is 0. The fourth-order valence-corrected chi connectivity index (χ4v) is 7.83. The van der Waals surface area contributed by atoms with E-state index < -0.39 is 0 Å². The quantitative estimate of drug-likeness (QED) is 0.193. The van der Waals surface area contributed by atoms with E-state index in [-0.39, 0.29) is 0 Å². The zero-order valence-electron chi connectivity index (χ0n) is 24.5. The molecule has 2 nitrogen and oxygen atoms in total. The van der Waals surface area contributed by atoms with Gasteiger partial charge in [0.2, 0.25) is 0 Å². The molecular formula is C42H28N2S. The molecule has 9 aromatic rings. The average Bonchev–Trinajstić information content (AvgIpc) is 3.65. The van der Waals surface area contributed by atoms with Crippen LogP contribution in [0.2, 0.25) is 0 Å². The van der Waals surface area contributed by atoms with Crippen molar-refractivity contribution in [1.82, 2.24) is 4.57 Å². The van der Waals surface area contributed by atoms with E-state index in [1.165, 1.54) is 58.8 Å². The zero-order chi connectivity index (χ0) is 29.7. The summed E-state index contributed by atoms with van der Waals surface area (Å²) in [5, 5.41) is 5.11. The van der Waals surface area contributed by atoms with Gasteiger partial charge in [0, 0.05) is 53.7 Å². The van der Waals surface area contributed by atoms with Crippen molar-refractivity contribution in [2.45, 2.75) is 0 Å². The van der Waals surface area contributed by atoms with E-state index in [1.54, 1.807) is 0 Å². The minimum absolute atomic E-state index is 1.13. The number of anilines is 3. The Morgan fingerprint density at radius 3 is 1.78 bits per heavy atom. The molecule has 0 amide bonds. The van der Waals surface area contributed by atoms with Crippen molar-refractivity contribution >= 4 is 70.4 Å². The normalized spacial score (nSPS) is 11.6. The molecule has 0 atom stereocenters. The number of fused-ring (bicyclic) bond motifs is 6. The molecule has 0 saturated carbocycles. The minimum Gasteiger partial charge on any atom is -0.310 e. The van der Waals surface area contributed by atoms with Gasteiger partial charge in [-0.1, -0.05) is 103 Å². The topological polar surface area (TPSA) is 8.17 Å². The largest absolute Gasteiger partial charge is 0.310 e. The third-order valence-electron chi connectivity index (χ3n) is 8.78. The Hall–Kier alpha value is -5.64. The van der Waals surface area contributed by atoms with Crippen molar-refractivity contribution in [2.75, 3.05) is 4.90 Å². The fraction of sp³-hybridized carbons (Fsp3) is 0. The van der Waals surface area contributed by atoms with Gasteiger partial charge in [0.15, 0.2) is 0 Å². The molecule has 0 aliphatic carbocycles. The number of hydrogen-bond donors (Lipinski definition) is 0. The maximum atomic E-state index is 2.40. The number of hydrogen-bond acceptors (Lipinski definition) is 2. The second-order valence-corrected chi connectivity index (χ2v) is 12.5. The predicted molar refractivity (Wildman–Crippen MR) is 194 cm³/mol. The van der Waals surface area contributed by atoms with Crippen LogP contribution in [0.5, 0.6) is 0 Å². The molecule has 2 aromatic heterocycles. The number of aromatic nitrogens is 1. The van der Waals surface area contributed by atoms with Gasteiger partial charge in [-0.3, -0.25) is 0 Å². The highest BCUT2D eigenvalue weighted by atomic mass is 32.1. The highest BCUT2D eigenvalue weighted by molar-refractivity contribution is 7.25. The maximum absolute atomic E-state index is 2.40. The predicted octanol–water partition coefficient (Wildman–Crippen LogP) is 12.3. The van der Waals surface area contributed by atoms with Crippen LogP contribution in [0, 0.1) is 0 Å². The molecule has 0 radical (unpaired) electrons. The van der Waals surface area contributed by atoms with Crippen LogP contribution >= 0.6 is 11.3 Å². The lowest BCUT2D eigenvalue weighted by atomic mass is 10.0. The standard InChI is InChI=1S/C42H28N2S/c1-3-11-29(12-4-1)30-19-21-32(22-20-30)43(34-23-25-37-36-16-8-10-18-41(36)45-42(37)28-34)33-24-26-40-38(27-33)35-15-7-9-17-39(35)44(40)31-13-5-2-6-14-31/h1-28H. The van der Waals surface area contributed by atoms with Crippen molar-refractivity contribution in [3.8, 4) is 16.8 Å². The van der Waals surface area contributed by atoms with Gasteiger partial charge in [0.25, 0.3) is 0 Å². The molecule has 0 N–H and O–H groups in total. The molecule has 0 unspecified atom stereocenters. The first-order chi connectivity index (χ1) is 22.3. The SMILES string of the molecule is c1ccc(-c2ccc(N(c3ccc4c(c3)sc3ccccc34)c3ccc4c(c3)c3ccccc3n4-c3ccccc3)cc2)cc1. The summed E-state index contributed by atoms with van der Waals surface area (Å²) in [5.41, 5.74) is 9.41. The van der Waals surface area contributed by atoms with E-state index in [1.807, 2.05) is 11.3 Å². The van der Waals surface area contributed by atoms with Crippen molar-refractivity contribution < 1.29 is 0 Å². The number of thiophene rings is 1. The summed E-state index contributed by atoms with van der Waals surface area (Å²) in [7, 11) is 0. The first kappa shape index (κ1) is 25.8. The molecular weight excluding hydrogens is 565 g/mol. The van der Waals surface area contributed by atoms with Crippen LogP contribution in [0.4, 0.5) is 17.1 Å². The second kappa shape index (κ2) is 10.5. The Morgan fingerprint density at radius 2 is 0.956 bits per heavy atom. The minimum atomic E-state index is 1.13. The molecule has 0 saturated heterocycles. The van der Waals surface area contributed by atoms with Gasteiger partial charge in [-0.15, -0.1) is 11.3 Å². The molecule has 7 aromatic carbocycles. The fourth-order valence-electron chi connectivity index (χ4n) is 6.69. The smallest absolute Gasteiger partial charge is 0.0542 e. The first-order valence-electron chi connectivity index (χ1n) is 15.3. The van der Waals surface area contributed by atoms with Crippen molar-refractivity contribution in [1.29, 1.82) is 0 Å². The van der Waals surface area contributed by atoms with Crippen LogP contribution in [0.1, 0.15) is 0 Å². The number of para-hydroxylation sites is 2. The van der Waals surface area contributed by atoms with Gasteiger partial charge in [-0.2, -0.15) is 0 Å². The van der Waals surface area contributed by atoms with E-state index >= 15 is 0 Å². The Bertz CT molecular complexity index is 2470. The Labute approximate surface area is 265 Å². The third-order valence-corrected chi connectivity index (χ3v) is 9.92. The van der Waals surface area contributed by atoms with Crippen LogP contribution in [-0.4, -0.2) is 4.57 Å². The van der Waals surface area contributed by atoms with Gasteiger partial charge in [-0.05, 0) is 77.9 Å². The van der Waals surface area contributed by atoms with E-state index in [4.69, 9.17) is 0 Å². The van der Waals surface area contributed by atoms with Crippen LogP contribution < -0.4 is 4.90 Å². The summed E-state index contributed by atoms with van der Waals surface area (Å²) in [6.07, 6.45) is 0. The van der Waals surface area contributed by atoms with Gasteiger partial charge in [0.1, 0.15) is 0 Å². The van der Waals surface area contributed by atoms with Crippen LogP contribution in [0.3, 0.4) is 0 Å². The van der Waals surface area contributed by atoms with Crippen molar-refractivity contribution in [2.24, 2.45) is 0 Å². The van der Waals surface area contributed by atoms with Crippen molar-refractivity contribution in [3.63, 3.8) is 0 Å². The highest BCUT2D eigenvalue weighted by Crippen LogP contribution is 2.43. The van der Waals surface area contributed by atoms with Gasteiger partial charge in [0.05, 0.1) is 11.0 Å². The number of benzene rings is 7. The van der Waals surface area contributed by atoms with Gasteiger partial charge < -0.3 is 9.47 Å². The molecule has 0 aliphatic rings. The van der Waals surface area contributed by atoms with E-state index in [2.05, 4.69) is 179 Å². The Kier molecular flexibility index (Phi) is 6.03. The molecule has 0 spiro atoms. The Morgan fingerprint density at radius 1 is 0.378 bits per heavy atom. The summed E-state index contributed by atoms with van der Waals surface area (Å²) in [6, 6.07) is 61.4. The lowest BCUT2D eigenvalue weighted by molar-refractivity contribution is 1.18. The molecule has 0 bridgehead atoms. The third kappa shape index (κ3) is 4.32. The summed E-state index contributed by atoms with van der Waals surface area (Å²) >= 11 is 1.86. The molecule has 0 aliphatic heterocycles. The van der Waals surface area contributed by atoms with Crippen LogP contribution in [-0.2, 0) is 0 Å². The van der Waals surface area contributed by atoms with Gasteiger partial charge >= 0.3 is 0 Å². The average molecular weight is 593 g/mol. The molecule has 9 rings (SSSR count). The molecule has 45 heavy (non-hydrogen) atoms. The molecule has 2 heterocycles. The second-order valence-electron chi connectivity index (χ2n) is 11.4. The lowest BCUT2D eigenvalue weighted by Crippen LogP contribution is -2.09. The zero-order valence-corrected chi connectivity index (χ0v) is 25.3. The Balaban J connectivity index is 1.25. The number of rotatable bonds is 5. The van der Waals surface area contributed by atoms with E-state index in [0.717, 1.165) is 17.1 Å². The summed E-state index contributed by atoms with van der Waals surface area (Å²) < 4.78 is 4.98. The summed E-state index contributed by atoms with van der Waals surface area (Å²) in [4.78, 5) is 2.40. The summed E-state index contributed by atoms with van der Waals surface area (Å²) in [6.45, 7) is 0. The highest BCUT2D eigenvalue weighted by Gasteiger charge is 2.18.